The standard InChI is InChI=1S/C45H26N2O/c1-3-15-33-29(11-1)30-12-2-4-16-34(30)44-43(33)35-17-5-8-18-38(35)46-45(44)27-21-23-28(24-22-27)47-39-19-9-6-13-31(39)36-26-42-37(25-40(36)47)32-14-7-10-20-41(32)48-42/h1-26H. The van der Waals surface area contributed by atoms with Crippen LogP contribution in [0.1, 0.15) is 0 Å². The Labute approximate surface area is 274 Å². The van der Waals surface area contributed by atoms with Crippen LogP contribution in [0.3, 0.4) is 0 Å². The Hall–Kier alpha value is -6.45. The third kappa shape index (κ3) is 3.45. The number of hydrogen-bond donors (Lipinski definition) is 0. The molecule has 0 bridgehead atoms. The quantitative estimate of drug-likeness (QED) is 0.182. The summed E-state index contributed by atoms with van der Waals surface area (Å²) in [4.78, 5) is 5.36. The minimum absolute atomic E-state index is 0.913. The SMILES string of the molecule is c1ccc2c(c1)nc(-c1ccc(-n3c4ccccc4c4cc5oc6ccccc6c5cc43)cc1)c1c3ccccc3c3ccccc3c21. The summed E-state index contributed by atoms with van der Waals surface area (Å²) in [7, 11) is 0. The van der Waals surface area contributed by atoms with Crippen LogP contribution < -0.4 is 0 Å². The Kier molecular flexibility index (Phi) is 5.11. The van der Waals surface area contributed by atoms with E-state index >= 15 is 0 Å². The highest BCUT2D eigenvalue weighted by atomic mass is 16.3. The summed E-state index contributed by atoms with van der Waals surface area (Å²) in [5, 5.41) is 13.3. The first-order valence-corrected chi connectivity index (χ1v) is 16.4. The molecule has 222 valence electrons. The highest BCUT2D eigenvalue weighted by molar-refractivity contribution is 6.33. The second-order valence-electron chi connectivity index (χ2n) is 12.7. The van der Waals surface area contributed by atoms with E-state index in [1.165, 1.54) is 54.0 Å². The largest absolute Gasteiger partial charge is 0.456 e. The number of nitrogens with zero attached hydrogens (tertiary/aromatic N) is 2. The molecule has 3 nitrogen and oxygen atoms in total. The van der Waals surface area contributed by atoms with Gasteiger partial charge in [-0.05, 0) is 64.0 Å². The Bertz CT molecular complexity index is 3110. The molecule has 0 N–H and O–H groups in total. The van der Waals surface area contributed by atoms with Crippen molar-refractivity contribution in [2.45, 2.75) is 0 Å². The van der Waals surface area contributed by atoms with Gasteiger partial charge in [0.2, 0.25) is 0 Å². The molecular weight excluding hydrogens is 585 g/mol. The molecule has 11 rings (SSSR count). The molecule has 0 atom stereocenters. The normalized spacial score (nSPS) is 12.2. The molecule has 0 unspecified atom stereocenters. The first-order chi connectivity index (χ1) is 23.8. The van der Waals surface area contributed by atoms with Gasteiger partial charge in [-0.2, -0.15) is 0 Å². The summed E-state index contributed by atoms with van der Waals surface area (Å²) in [6, 6.07) is 56.5. The van der Waals surface area contributed by atoms with Crippen molar-refractivity contribution in [3.63, 3.8) is 0 Å². The van der Waals surface area contributed by atoms with E-state index in [1.807, 2.05) is 12.1 Å². The van der Waals surface area contributed by atoms with Gasteiger partial charge in [0.25, 0.3) is 0 Å². The van der Waals surface area contributed by atoms with E-state index in [1.54, 1.807) is 0 Å². The molecule has 3 aromatic heterocycles. The van der Waals surface area contributed by atoms with Crippen LogP contribution in [0.15, 0.2) is 162 Å². The number of fused-ring (bicyclic) bond motifs is 14. The van der Waals surface area contributed by atoms with Crippen LogP contribution in [0.25, 0.3) is 104 Å². The molecule has 0 amide bonds. The van der Waals surface area contributed by atoms with Crippen LogP contribution in [0.2, 0.25) is 0 Å². The number of aromatic nitrogens is 2. The first kappa shape index (κ1) is 25.7. The molecule has 11 aromatic rings. The topological polar surface area (TPSA) is 31.0 Å². The van der Waals surface area contributed by atoms with Gasteiger partial charge < -0.3 is 8.98 Å². The molecule has 0 saturated heterocycles. The van der Waals surface area contributed by atoms with Crippen molar-refractivity contribution >= 4 is 87.0 Å². The van der Waals surface area contributed by atoms with Gasteiger partial charge in [0.1, 0.15) is 11.2 Å². The summed E-state index contributed by atoms with van der Waals surface area (Å²) < 4.78 is 8.68. The molecule has 0 aliphatic carbocycles. The lowest BCUT2D eigenvalue weighted by Crippen LogP contribution is -1.95. The Morgan fingerprint density at radius 2 is 1.00 bits per heavy atom. The monoisotopic (exact) mass is 610 g/mol. The molecule has 8 aromatic carbocycles. The van der Waals surface area contributed by atoms with E-state index in [0.29, 0.717) is 0 Å². The number of rotatable bonds is 2. The van der Waals surface area contributed by atoms with Crippen molar-refractivity contribution in [3.8, 4) is 16.9 Å². The van der Waals surface area contributed by atoms with Gasteiger partial charge in [-0.3, -0.25) is 0 Å². The average Bonchev–Trinajstić information content (AvgIpc) is 3.68. The molecule has 3 heteroatoms. The van der Waals surface area contributed by atoms with Gasteiger partial charge in [-0.15, -0.1) is 0 Å². The highest BCUT2D eigenvalue weighted by Gasteiger charge is 2.19. The lowest BCUT2D eigenvalue weighted by molar-refractivity contribution is 0.669. The van der Waals surface area contributed by atoms with Crippen LogP contribution in [-0.2, 0) is 0 Å². The van der Waals surface area contributed by atoms with E-state index < -0.39 is 0 Å². The molecule has 0 aliphatic rings. The van der Waals surface area contributed by atoms with Gasteiger partial charge in [0, 0.05) is 49.0 Å². The number of para-hydroxylation sites is 3. The van der Waals surface area contributed by atoms with Gasteiger partial charge >= 0.3 is 0 Å². The molecular formula is C45H26N2O. The van der Waals surface area contributed by atoms with Gasteiger partial charge in [0.05, 0.1) is 22.2 Å². The van der Waals surface area contributed by atoms with Crippen molar-refractivity contribution in [2.75, 3.05) is 0 Å². The average molecular weight is 611 g/mol. The van der Waals surface area contributed by atoms with Crippen molar-refractivity contribution in [1.82, 2.24) is 9.55 Å². The van der Waals surface area contributed by atoms with Crippen LogP contribution in [-0.4, -0.2) is 9.55 Å². The number of pyridine rings is 1. The molecule has 0 fully saturated rings. The van der Waals surface area contributed by atoms with Crippen molar-refractivity contribution in [2.24, 2.45) is 0 Å². The third-order valence-corrected chi connectivity index (χ3v) is 10.1. The zero-order valence-electron chi connectivity index (χ0n) is 25.8. The van der Waals surface area contributed by atoms with E-state index in [4.69, 9.17) is 9.40 Å². The summed E-state index contributed by atoms with van der Waals surface area (Å²) >= 11 is 0. The fourth-order valence-corrected chi connectivity index (χ4v) is 8.07. The third-order valence-electron chi connectivity index (χ3n) is 10.1. The second kappa shape index (κ2) is 9.54. The highest BCUT2D eigenvalue weighted by Crippen LogP contribution is 2.43. The Morgan fingerprint density at radius 3 is 1.77 bits per heavy atom. The maximum absolute atomic E-state index is 6.30. The lowest BCUT2D eigenvalue weighted by atomic mass is 9.90. The number of benzene rings is 8. The van der Waals surface area contributed by atoms with E-state index in [2.05, 4.69) is 150 Å². The van der Waals surface area contributed by atoms with E-state index in [-0.39, 0.29) is 0 Å². The van der Waals surface area contributed by atoms with Crippen LogP contribution >= 0.6 is 0 Å². The summed E-state index contributed by atoms with van der Waals surface area (Å²) in [5.74, 6) is 0. The zero-order valence-corrected chi connectivity index (χ0v) is 25.8. The summed E-state index contributed by atoms with van der Waals surface area (Å²) in [6.45, 7) is 0. The minimum Gasteiger partial charge on any atom is -0.456 e. The molecule has 0 radical (unpaired) electrons. The Balaban J connectivity index is 1.19. The van der Waals surface area contributed by atoms with Crippen molar-refractivity contribution in [1.29, 1.82) is 0 Å². The summed E-state index contributed by atoms with van der Waals surface area (Å²) in [6.07, 6.45) is 0. The maximum Gasteiger partial charge on any atom is 0.136 e. The van der Waals surface area contributed by atoms with Crippen LogP contribution in [0, 0.1) is 0 Å². The van der Waals surface area contributed by atoms with Crippen molar-refractivity contribution < 1.29 is 4.42 Å². The van der Waals surface area contributed by atoms with Gasteiger partial charge in [-0.25, -0.2) is 4.98 Å². The van der Waals surface area contributed by atoms with Crippen LogP contribution in [0.5, 0.6) is 0 Å². The molecule has 3 heterocycles. The lowest BCUT2D eigenvalue weighted by Gasteiger charge is -2.16. The number of furan rings is 1. The maximum atomic E-state index is 6.30. The van der Waals surface area contributed by atoms with Gasteiger partial charge in [0.15, 0.2) is 0 Å². The molecule has 0 saturated carbocycles. The molecule has 0 spiro atoms. The smallest absolute Gasteiger partial charge is 0.136 e. The van der Waals surface area contributed by atoms with E-state index in [0.717, 1.165) is 49.9 Å². The fraction of sp³-hybridized carbons (Fsp3) is 0. The molecule has 0 aliphatic heterocycles. The number of hydrogen-bond acceptors (Lipinski definition) is 2. The first-order valence-electron chi connectivity index (χ1n) is 16.4. The van der Waals surface area contributed by atoms with Crippen LogP contribution in [0.4, 0.5) is 0 Å². The predicted octanol–water partition coefficient (Wildman–Crippen LogP) is 12.4. The van der Waals surface area contributed by atoms with Crippen molar-refractivity contribution in [3.05, 3.63) is 158 Å². The molecule has 48 heavy (non-hydrogen) atoms. The second-order valence-corrected chi connectivity index (χ2v) is 12.7. The van der Waals surface area contributed by atoms with Gasteiger partial charge in [-0.1, -0.05) is 115 Å². The zero-order chi connectivity index (χ0) is 31.3. The summed E-state index contributed by atoms with van der Waals surface area (Å²) in [5.41, 5.74) is 8.37. The Morgan fingerprint density at radius 1 is 0.396 bits per heavy atom. The van der Waals surface area contributed by atoms with E-state index in [9.17, 15) is 0 Å². The fourth-order valence-electron chi connectivity index (χ4n) is 8.07. The minimum atomic E-state index is 0.913. The predicted molar refractivity (Wildman–Crippen MR) is 201 cm³/mol.